The third-order valence-electron chi connectivity index (χ3n) is 5.10. The third-order valence-corrected chi connectivity index (χ3v) is 5.10. The van der Waals surface area contributed by atoms with E-state index in [9.17, 15) is 4.79 Å². The van der Waals surface area contributed by atoms with Gasteiger partial charge in [-0.2, -0.15) is 0 Å². The zero-order valence-electron chi connectivity index (χ0n) is 17.1. The second kappa shape index (κ2) is 7.64. The topological polar surface area (TPSA) is 61.4 Å². The van der Waals surface area contributed by atoms with E-state index in [1.54, 1.807) is 0 Å². The summed E-state index contributed by atoms with van der Waals surface area (Å²) in [5.74, 6) is 1.80. The summed E-state index contributed by atoms with van der Waals surface area (Å²) < 4.78 is 0. The minimum absolute atomic E-state index is 0.0275. The molecule has 1 amide bonds. The molecule has 1 aromatic heterocycles. The number of carbonyl (C=O) groups is 1. The Hall–Kier alpha value is -2.47. The SMILES string of the molecule is Cc1cc(C)c(NC(=O)CN(C)C2CN(c3cc(C)nc(C)n3)C2)c(C)c1. The second-order valence-electron chi connectivity index (χ2n) is 7.71. The first-order chi connectivity index (χ1) is 12.7. The van der Waals surface area contributed by atoms with Crippen molar-refractivity contribution in [3.63, 3.8) is 0 Å². The number of nitrogens with zero attached hydrogens (tertiary/aromatic N) is 4. The van der Waals surface area contributed by atoms with Crippen LogP contribution in [0.15, 0.2) is 18.2 Å². The molecule has 0 bridgehead atoms. The van der Waals surface area contributed by atoms with Crippen molar-refractivity contribution in [3.8, 4) is 0 Å². The summed E-state index contributed by atoms with van der Waals surface area (Å²) in [6, 6.07) is 6.56. The van der Waals surface area contributed by atoms with Crippen molar-refractivity contribution in [2.75, 3.05) is 36.9 Å². The van der Waals surface area contributed by atoms with E-state index in [-0.39, 0.29) is 5.91 Å². The quantitative estimate of drug-likeness (QED) is 0.880. The number of likely N-dealkylation sites (N-methyl/N-ethyl adjacent to an activating group) is 1. The molecule has 1 aliphatic heterocycles. The number of amides is 1. The van der Waals surface area contributed by atoms with E-state index < -0.39 is 0 Å². The number of aryl methyl sites for hydroxylation is 5. The van der Waals surface area contributed by atoms with Crippen LogP contribution >= 0.6 is 0 Å². The van der Waals surface area contributed by atoms with Crippen molar-refractivity contribution >= 4 is 17.4 Å². The standard InChI is InChI=1S/C21H29N5O/c1-13-7-14(2)21(15(3)8-13)24-20(27)12-25(6)18-10-26(11-18)19-9-16(4)22-17(5)23-19/h7-9,18H,10-12H2,1-6H3,(H,24,27). The largest absolute Gasteiger partial charge is 0.353 e. The van der Waals surface area contributed by atoms with Gasteiger partial charge in [0.25, 0.3) is 0 Å². The van der Waals surface area contributed by atoms with Gasteiger partial charge >= 0.3 is 0 Å². The van der Waals surface area contributed by atoms with E-state index in [1.165, 1.54) is 5.56 Å². The molecule has 0 aliphatic carbocycles. The van der Waals surface area contributed by atoms with Crippen LogP contribution in [0, 0.1) is 34.6 Å². The van der Waals surface area contributed by atoms with Crippen molar-refractivity contribution in [1.82, 2.24) is 14.9 Å². The molecule has 0 spiro atoms. The van der Waals surface area contributed by atoms with Gasteiger partial charge < -0.3 is 10.2 Å². The molecular weight excluding hydrogens is 338 g/mol. The van der Waals surface area contributed by atoms with Gasteiger partial charge in [0.15, 0.2) is 0 Å². The molecule has 3 rings (SSSR count). The number of carbonyl (C=O) groups excluding carboxylic acids is 1. The highest BCUT2D eigenvalue weighted by Gasteiger charge is 2.32. The van der Waals surface area contributed by atoms with Gasteiger partial charge in [0.2, 0.25) is 5.91 Å². The van der Waals surface area contributed by atoms with Crippen molar-refractivity contribution < 1.29 is 4.79 Å². The zero-order valence-corrected chi connectivity index (χ0v) is 17.1. The highest BCUT2D eigenvalue weighted by Crippen LogP contribution is 2.23. The molecule has 0 radical (unpaired) electrons. The molecule has 1 aromatic carbocycles. The van der Waals surface area contributed by atoms with Gasteiger partial charge in [-0.1, -0.05) is 17.7 Å². The predicted octanol–water partition coefficient (Wildman–Crippen LogP) is 2.78. The fourth-order valence-corrected chi connectivity index (χ4v) is 3.69. The Kier molecular flexibility index (Phi) is 5.46. The van der Waals surface area contributed by atoms with E-state index in [0.717, 1.165) is 47.2 Å². The Labute approximate surface area is 161 Å². The summed E-state index contributed by atoms with van der Waals surface area (Å²) in [6.45, 7) is 12.2. The average Bonchev–Trinajstić information content (AvgIpc) is 2.48. The number of benzene rings is 1. The lowest BCUT2D eigenvalue weighted by atomic mass is 10.0. The van der Waals surface area contributed by atoms with E-state index >= 15 is 0 Å². The number of rotatable bonds is 5. The average molecular weight is 367 g/mol. The molecule has 1 saturated heterocycles. The van der Waals surface area contributed by atoms with E-state index in [0.29, 0.717) is 12.6 Å². The molecule has 6 nitrogen and oxygen atoms in total. The van der Waals surface area contributed by atoms with Gasteiger partial charge in [0, 0.05) is 36.6 Å². The van der Waals surface area contributed by atoms with Gasteiger partial charge in [0.1, 0.15) is 11.6 Å². The number of hydrogen-bond acceptors (Lipinski definition) is 5. The van der Waals surface area contributed by atoms with Crippen molar-refractivity contribution in [2.45, 2.75) is 40.7 Å². The molecular formula is C21H29N5O. The van der Waals surface area contributed by atoms with E-state index in [1.807, 2.05) is 40.8 Å². The van der Waals surface area contributed by atoms with Crippen LogP contribution < -0.4 is 10.2 Å². The summed E-state index contributed by atoms with van der Waals surface area (Å²) >= 11 is 0. The van der Waals surface area contributed by atoms with Gasteiger partial charge in [-0.15, -0.1) is 0 Å². The summed E-state index contributed by atoms with van der Waals surface area (Å²) in [6.07, 6.45) is 0. The molecule has 27 heavy (non-hydrogen) atoms. The van der Waals surface area contributed by atoms with Crippen LogP contribution in [0.2, 0.25) is 0 Å². The molecule has 0 atom stereocenters. The smallest absolute Gasteiger partial charge is 0.238 e. The van der Waals surface area contributed by atoms with Gasteiger partial charge in [-0.25, -0.2) is 9.97 Å². The van der Waals surface area contributed by atoms with Crippen LogP contribution in [-0.2, 0) is 4.79 Å². The van der Waals surface area contributed by atoms with Crippen molar-refractivity contribution in [2.24, 2.45) is 0 Å². The number of aromatic nitrogens is 2. The number of anilines is 2. The Morgan fingerprint density at radius 3 is 2.33 bits per heavy atom. The Balaban J connectivity index is 1.54. The molecule has 0 saturated carbocycles. The molecule has 2 aromatic rings. The Morgan fingerprint density at radius 2 is 1.74 bits per heavy atom. The number of nitrogens with one attached hydrogen (secondary N) is 1. The molecule has 2 heterocycles. The normalized spacial score (nSPS) is 14.4. The maximum atomic E-state index is 12.5. The van der Waals surface area contributed by atoms with Crippen LogP contribution in [0.5, 0.6) is 0 Å². The molecule has 1 fully saturated rings. The lowest BCUT2D eigenvalue weighted by molar-refractivity contribution is -0.117. The predicted molar refractivity (Wildman–Crippen MR) is 109 cm³/mol. The first-order valence-electron chi connectivity index (χ1n) is 9.38. The molecule has 0 unspecified atom stereocenters. The van der Waals surface area contributed by atoms with Crippen molar-refractivity contribution in [3.05, 3.63) is 46.4 Å². The van der Waals surface area contributed by atoms with Crippen LogP contribution in [0.3, 0.4) is 0 Å². The minimum Gasteiger partial charge on any atom is -0.353 e. The number of hydrogen-bond donors (Lipinski definition) is 1. The first kappa shape index (κ1) is 19.3. The summed E-state index contributed by atoms with van der Waals surface area (Å²) in [5, 5.41) is 3.08. The van der Waals surface area contributed by atoms with Crippen molar-refractivity contribution in [1.29, 1.82) is 0 Å². The highest BCUT2D eigenvalue weighted by atomic mass is 16.2. The zero-order chi connectivity index (χ0) is 19.7. The van der Waals surface area contributed by atoms with E-state index in [4.69, 9.17) is 0 Å². The third kappa shape index (κ3) is 4.45. The lowest BCUT2D eigenvalue weighted by Gasteiger charge is -2.44. The van der Waals surface area contributed by atoms with Gasteiger partial charge in [-0.05, 0) is 52.8 Å². The summed E-state index contributed by atoms with van der Waals surface area (Å²) in [4.78, 5) is 25.7. The fraction of sp³-hybridized carbons (Fsp3) is 0.476. The summed E-state index contributed by atoms with van der Waals surface area (Å²) in [7, 11) is 2.01. The summed E-state index contributed by atoms with van der Waals surface area (Å²) in [5.41, 5.74) is 5.34. The van der Waals surface area contributed by atoms with Crippen LogP contribution in [0.1, 0.15) is 28.2 Å². The maximum absolute atomic E-state index is 12.5. The first-order valence-corrected chi connectivity index (χ1v) is 9.38. The molecule has 1 aliphatic rings. The minimum atomic E-state index is 0.0275. The Bertz CT molecular complexity index is 814. The molecule has 144 valence electrons. The Morgan fingerprint density at radius 1 is 1.11 bits per heavy atom. The van der Waals surface area contributed by atoms with Gasteiger partial charge in [0.05, 0.1) is 6.54 Å². The molecule has 6 heteroatoms. The van der Waals surface area contributed by atoms with Crippen LogP contribution in [0.4, 0.5) is 11.5 Å². The second-order valence-corrected chi connectivity index (χ2v) is 7.71. The van der Waals surface area contributed by atoms with Crippen LogP contribution in [0.25, 0.3) is 0 Å². The van der Waals surface area contributed by atoms with Crippen LogP contribution in [-0.4, -0.2) is 53.5 Å². The lowest BCUT2D eigenvalue weighted by Crippen LogP contribution is -2.59. The maximum Gasteiger partial charge on any atom is 0.238 e. The molecule has 1 N–H and O–H groups in total. The van der Waals surface area contributed by atoms with E-state index in [2.05, 4.69) is 44.1 Å². The van der Waals surface area contributed by atoms with Gasteiger partial charge in [-0.3, -0.25) is 9.69 Å². The highest BCUT2D eigenvalue weighted by molar-refractivity contribution is 5.93. The fourth-order valence-electron chi connectivity index (χ4n) is 3.69. The monoisotopic (exact) mass is 367 g/mol.